The fourth-order valence-corrected chi connectivity index (χ4v) is 1.94. The Morgan fingerprint density at radius 3 is 2.94 bits per heavy atom. The summed E-state index contributed by atoms with van der Waals surface area (Å²) in [5.41, 5.74) is 2.76. The molecule has 0 aliphatic carbocycles. The third-order valence-corrected chi connectivity index (χ3v) is 2.75. The van der Waals surface area contributed by atoms with Crippen LogP contribution in [0.15, 0.2) is 27.5 Å². The smallest absolute Gasteiger partial charge is 0.296 e. The second kappa shape index (κ2) is 3.31. The van der Waals surface area contributed by atoms with Crippen molar-refractivity contribution in [2.75, 3.05) is 0 Å². The second-order valence-corrected chi connectivity index (χ2v) is 3.88. The lowest BCUT2D eigenvalue weighted by molar-refractivity contribution is 0.388. The van der Waals surface area contributed by atoms with E-state index < -0.39 is 5.76 Å². The summed E-state index contributed by atoms with van der Waals surface area (Å²) >= 11 is 0. The zero-order chi connectivity index (χ0) is 12.0. The number of H-pyrrole nitrogens is 1. The first-order valence-corrected chi connectivity index (χ1v) is 5.15. The van der Waals surface area contributed by atoms with Gasteiger partial charge in [0.1, 0.15) is 0 Å². The summed E-state index contributed by atoms with van der Waals surface area (Å²) in [5, 5.41) is 9.07. The number of hydrogen-bond donors (Lipinski definition) is 1. The number of aromatic nitrogens is 4. The average Bonchev–Trinajstić information content (AvgIpc) is 2.85. The minimum atomic E-state index is -0.554. The SMILES string of the molecule is Cc1nn(C)c2cc(-c3noc(=O)[nH]3)ccc12. The maximum absolute atomic E-state index is 10.9. The Morgan fingerprint density at radius 1 is 1.41 bits per heavy atom. The first-order valence-electron chi connectivity index (χ1n) is 5.15. The molecule has 0 radical (unpaired) electrons. The van der Waals surface area contributed by atoms with Gasteiger partial charge >= 0.3 is 5.76 Å². The normalized spacial score (nSPS) is 11.2. The average molecular weight is 230 g/mol. The van der Waals surface area contributed by atoms with Crippen LogP contribution in [-0.4, -0.2) is 19.9 Å². The fraction of sp³-hybridized carbons (Fsp3) is 0.182. The summed E-state index contributed by atoms with van der Waals surface area (Å²) in [5.74, 6) is -0.128. The van der Waals surface area contributed by atoms with Crippen molar-refractivity contribution in [2.24, 2.45) is 7.05 Å². The number of rotatable bonds is 1. The van der Waals surface area contributed by atoms with Gasteiger partial charge in [-0.15, -0.1) is 0 Å². The van der Waals surface area contributed by atoms with Crippen molar-refractivity contribution in [1.29, 1.82) is 0 Å². The van der Waals surface area contributed by atoms with Crippen molar-refractivity contribution in [1.82, 2.24) is 19.9 Å². The van der Waals surface area contributed by atoms with Crippen LogP contribution in [0.25, 0.3) is 22.3 Å². The van der Waals surface area contributed by atoms with Gasteiger partial charge in [-0.2, -0.15) is 5.10 Å². The number of nitrogens with zero attached hydrogens (tertiary/aromatic N) is 3. The number of fused-ring (bicyclic) bond motifs is 1. The Hall–Kier alpha value is -2.37. The summed E-state index contributed by atoms with van der Waals surface area (Å²) in [4.78, 5) is 13.4. The van der Waals surface area contributed by atoms with Crippen molar-refractivity contribution < 1.29 is 4.52 Å². The predicted octanol–water partition coefficient (Wildman–Crippen LogP) is 1.23. The van der Waals surface area contributed by atoms with Crippen LogP contribution in [0, 0.1) is 6.92 Å². The molecule has 86 valence electrons. The van der Waals surface area contributed by atoms with Crippen LogP contribution in [0.3, 0.4) is 0 Å². The van der Waals surface area contributed by atoms with E-state index in [1.54, 1.807) is 4.68 Å². The molecule has 0 amide bonds. The lowest BCUT2D eigenvalue weighted by atomic mass is 10.1. The van der Waals surface area contributed by atoms with E-state index >= 15 is 0 Å². The van der Waals surface area contributed by atoms with Gasteiger partial charge in [0.2, 0.25) is 0 Å². The van der Waals surface area contributed by atoms with Gasteiger partial charge in [0.05, 0.1) is 11.2 Å². The molecule has 17 heavy (non-hydrogen) atoms. The standard InChI is InChI=1S/C11H10N4O2/c1-6-8-4-3-7(5-9(8)15(2)13-6)10-12-11(16)17-14-10/h3-5H,1-2H3,(H,12,14,16). The van der Waals surface area contributed by atoms with Gasteiger partial charge in [-0.05, 0) is 13.0 Å². The number of aryl methyl sites for hydroxylation is 2. The Bertz CT molecular complexity index is 750. The highest BCUT2D eigenvalue weighted by Crippen LogP contribution is 2.23. The van der Waals surface area contributed by atoms with E-state index in [1.165, 1.54) is 0 Å². The minimum absolute atomic E-state index is 0.427. The van der Waals surface area contributed by atoms with Gasteiger partial charge in [-0.25, -0.2) is 4.79 Å². The van der Waals surface area contributed by atoms with E-state index in [0.717, 1.165) is 22.2 Å². The Balaban J connectivity index is 2.26. The molecule has 1 aromatic carbocycles. The molecule has 0 saturated heterocycles. The summed E-state index contributed by atoms with van der Waals surface area (Å²) in [6.45, 7) is 1.96. The van der Waals surface area contributed by atoms with E-state index in [9.17, 15) is 4.79 Å². The molecule has 2 heterocycles. The lowest BCUT2D eigenvalue weighted by Crippen LogP contribution is -1.95. The van der Waals surface area contributed by atoms with E-state index in [4.69, 9.17) is 0 Å². The minimum Gasteiger partial charge on any atom is -0.296 e. The zero-order valence-corrected chi connectivity index (χ0v) is 9.39. The molecule has 0 atom stereocenters. The molecule has 6 heteroatoms. The molecule has 0 bridgehead atoms. The van der Waals surface area contributed by atoms with Crippen LogP contribution in [0.4, 0.5) is 0 Å². The van der Waals surface area contributed by atoms with Gasteiger partial charge in [0.25, 0.3) is 0 Å². The Labute approximate surface area is 95.9 Å². The van der Waals surface area contributed by atoms with Crippen molar-refractivity contribution in [3.8, 4) is 11.4 Å². The number of aromatic amines is 1. The second-order valence-electron chi connectivity index (χ2n) is 3.88. The summed E-state index contributed by atoms with van der Waals surface area (Å²) < 4.78 is 6.28. The third-order valence-electron chi connectivity index (χ3n) is 2.75. The topological polar surface area (TPSA) is 76.7 Å². The van der Waals surface area contributed by atoms with Crippen molar-refractivity contribution in [3.63, 3.8) is 0 Å². The summed E-state index contributed by atoms with van der Waals surface area (Å²) in [6.07, 6.45) is 0. The highest BCUT2D eigenvalue weighted by molar-refractivity contribution is 5.85. The number of hydrogen-bond acceptors (Lipinski definition) is 4. The first-order chi connectivity index (χ1) is 8.15. The summed E-state index contributed by atoms with van der Waals surface area (Å²) in [7, 11) is 1.88. The first kappa shape index (κ1) is 9.83. The largest absolute Gasteiger partial charge is 0.439 e. The molecule has 3 rings (SSSR count). The predicted molar refractivity (Wildman–Crippen MR) is 61.6 cm³/mol. The monoisotopic (exact) mass is 230 g/mol. The summed E-state index contributed by atoms with van der Waals surface area (Å²) in [6, 6.07) is 5.76. The van der Waals surface area contributed by atoms with E-state index in [-0.39, 0.29) is 0 Å². The van der Waals surface area contributed by atoms with Gasteiger partial charge < -0.3 is 0 Å². The quantitative estimate of drug-likeness (QED) is 0.682. The van der Waals surface area contributed by atoms with Crippen molar-refractivity contribution in [2.45, 2.75) is 6.92 Å². The van der Waals surface area contributed by atoms with Gasteiger partial charge in [-0.3, -0.25) is 14.2 Å². The van der Waals surface area contributed by atoms with Crippen LogP contribution < -0.4 is 5.76 Å². The molecule has 0 spiro atoms. The maximum atomic E-state index is 10.9. The van der Waals surface area contributed by atoms with Gasteiger partial charge in [0.15, 0.2) is 5.82 Å². The lowest BCUT2D eigenvalue weighted by Gasteiger charge is -1.97. The Morgan fingerprint density at radius 2 is 2.24 bits per heavy atom. The van der Waals surface area contributed by atoms with Gasteiger partial charge in [0, 0.05) is 18.0 Å². The molecule has 0 aliphatic heterocycles. The molecule has 6 nitrogen and oxygen atoms in total. The van der Waals surface area contributed by atoms with Crippen LogP contribution in [0.5, 0.6) is 0 Å². The van der Waals surface area contributed by atoms with Crippen LogP contribution in [0.2, 0.25) is 0 Å². The maximum Gasteiger partial charge on any atom is 0.439 e. The zero-order valence-electron chi connectivity index (χ0n) is 9.39. The van der Waals surface area contributed by atoms with E-state index in [2.05, 4.69) is 19.8 Å². The van der Waals surface area contributed by atoms with Crippen LogP contribution in [0.1, 0.15) is 5.69 Å². The molecular formula is C11H10N4O2. The van der Waals surface area contributed by atoms with Crippen LogP contribution >= 0.6 is 0 Å². The molecule has 2 aromatic heterocycles. The molecular weight excluding hydrogens is 220 g/mol. The van der Waals surface area contributed by atoms with Crippen molar-refractivity contribution in [3.05, 3.63) is 34.4 Å². The molecule has 0 saturated carbocycles. The Kier molecular flexibility index (Phi) is 1.91. The molecule has 0 aliphatic rings. The molecule has 0 unspecified atom stereocenters. The van der Waals surface area contributed by atoms with Crippen LogP contribution in [-0.2, 0) is 7.05 Å². The van der Waals surface area contributed by atoms with Crippen molar-refractivity contribution >= 4 is 10.9 Å². The molecule has 3 aromatic rings. The molecule has 0 fully saturated rings. The van der Waals surface area contributed by atoms with E-state index in [0.29, 0.717) is 5.82 Å². The van der Waals surface area contributed by atoms with E-state index in [1.807, 2.05) is 32.2 Å². The molecule has 1 N–H and O–H groups in total. The highest BCUT2D eigenvalue weighted by atomic mass is 16.5. The highest BCUT2D eigenvalue weighted by Gasteiger charge is 2.09. The number of nitrogens with one attached hydrogen (secondary N) is 1. The fourth-order valence-electron chi connectivity index (χ4n) is 1.94. The van der Waals surface area contributed by atoms with Gasteiger partial charge in [-0.1, -0.05) is 17.3 Å². The third kappa shape index (κ3) is 1.45. The number of benzene rings is 1.